The minimum atomic E-state index is 0. The lowest BCUT2D eigenvalue weighted by molar-refractivity contribution is 0.309. The van der Waals surface area contributed by atoms with Crippen molar-refractivity contribution in [2.45, 2.75) is 26.2 Å². The van der Waals surface area contributed by atoms with E-state index in [0.29, 0.717) is 0 Å². The van der Waals surface area contributed by atoms with E-state index in [0.717, 1.165) is 43.9 Å². The molecule has 0 saturated carbocycles. The Morgan fingerprint density at radius 2 is 1.92 bits per heavy atom. The average Bonchev–Trinajstić information content (AvgIpc) is 2.61. The fourth-order valence-corrected chi connectivity index (χ4v) is 2.71. The largest absolute Gasteiger partial charge is 0.494 e. The first-order valence-electron chi connectivity index (χ1n) is 8.40. The van der Waals surface area contributed by atoms with Crippen LogP contribution >= 0.6 is 12.4 Å². The Morgan fingerprint density at radius 1 is 1.08 bits per heavy atom. The summed E-state index contributed by atoms with van der Waals surface area (Å²) in [4.78, 5) is 4.68. The van der Waals surface area contributed by atoms with Gasteiger partial charge in [0.25, 0.3) is 0 Å². The van der Waals surface area contributed by atoms with E-state index in [1.807, 2.05) is 6.07 Å². The molecule has 0 radical (unpaired) electrons. The number of rotatable bonds is 6. The van der Waals surface area contributed by atoms with Crippen molar-refractivity contribution in [1.29, 1.82) is 0 Å². The van der Waals surface area contributed by atoms with Gasteiger partial charge in [-0.3, -0.25) is 4.99 Å². The highest BCUT2D eigenvalue weighted by Gasteiger charge is 2.13. The maximum absolute atomic E-state index is 5.82. The normalized spacial score (nSPS) is 13.1. The Labute approximate surface area is 150 Å². The third-order valence-electron chi connectivity index (χ3n) is 4.02. The van der Waals surface area contributed by atoms with E-state index in [9.17, 15) is 0 Å². The summed E-state index contributed by atoms with van der Waals surface area (Å²) in [6.07, 6.45) is 7.49. The molecule has 0 unspecified atom stereocenters. The molecule has 0 amide bonds. The molecule has 0 aliphatic carbocycles. The predicted octanol–water partition coefficient (Wildman–Crippen LogP) is 5.35. The van der Waals surface area contributed by atoms with Crippen LogP contribution in [-0.4, -0.2) is 18.9 Å². The van der Waals surface area contributed by atoms with Crippen LogP contribution < -0.4 is 4.74 Å². The van der Waals surface area contributed by atoms with E-state index >= 15 is 0 Å². The summed E-state index contributed by atoms with van der Waals surface area (Å²) in [6.45, 7) is 3.82. The Bertz CT molecular complexity index is 707. The number of allylic oxidation sites excluding steroid dienone is 1. The first-order chi connectivity index (χ1) is 11.4. The summed E-state index contributed by atoms with van der Waals surface area (Å²) in [5.41, 5.74) is 4.82. The van der Waals surface area contributed by atoms with Crippen LogP contribution in [-0.2, 0) is 6.42 Å². The zero-order chi connectivity index (χ0) is 15.9. The Hall–Kier alpha value is -2.06. The van der Waals surface area contributed by atoms with Crippen molar-refractivity contribution in [3.8, 4) is 5.75 Å². The van der Waals surface area contributed by atoms with E-state index in [-0.39, 0.29) is 12.4 Å². The molecule has 2 nitrogen and oxygen atoms in total. The highest BCUT2D eigenvalue weighted by atomic mass is 35.5. The molecule has 0 spiro atoms. The molecule has 3 rings (SSSR count). The van der Waals surface area contributed by atoms with Crippen molar-refractivity contribution in [3.63, 3.8) is 0 Å². The molecule has 0 aromatic heterocycles. The topological polar surface area (TPSA) is 21.6 Å². The molecule has 1 aliphatic rings. The van der Waals surface area contributed by atoms with Crippen LogP contribution in [0.2, 0.25) is 0 Å². The van der Waals surface area contributed by atoms with Gasteiger partial charge in [0.2, 0.25) is 0 Å². The highest BCUT2D eigenvalue weighted by molar-refractivity contribution is 6.12. The third kappa shape index (κ3) is 4.72. The van der Waals surface area contributed by atoms with Crippen molar-refractivity contribution < 1.29 is 4.74 Å². The maximum atomic E-state index is 5.82. The number of nitrogens with zero attached hydrogens (tertiary/aromatic N) is 1. The van der Waals surface area contributed by atoms with Gasteiger partial charge < -0.3 is 4.74 Å². The lowest BCUT2D eigenvalue weighted by Gasteiger charge is -2.16. The minimum absolute atomic E-state index is 0. The lowest BCUT2D eigenvalue weighted by atomic mass is 9.96. The summed E-state index contributed by atoms with van der Waals surface area (Å²) in [7, 11) is 0. The van der Waals surface area contributed by atoms with Crippen LogP contribution in [0.4, 0.5) is 0 Å². The summed E-state index contributed by atoms with van der Waals surface area (Å²) >= 11 is 0. The van der Waals surface area contributed by atoms with Crippen LogP contribution in [0, 0.1) is 0 Å². The number of fused-ring (bicyclic) bond motifs is 1. The molecule has 1 heterocycles. The number of aliphatic imine (C=N–C) groups is 1. The molecule has 126 valence electrons. The van der Waals surface area contributed by atoms with Crippen LogP contribution in [0.25, 0.3) is 6.08 Å². The van der Waals surface area contributed by atoms with Gasteiger partial charge in [-0.15, -0.1) is 12.4 Å². The number of ether oxygens (including phenoxy) is 1. The SMILES string of the molecule is CCCCOc1ccc2c(c1)CCN=C2/C=C/c1ccccc1.Cl. The fourth-order valence-electron chi connectivity index (χ4n) is 2.71. The monoisotopic (exact) mass is 341 g/mol. The van der Waals surface area contributed by atoms with Gasteiger partial charge in [0, 0.05) is 12.1 Å². The average molecular weight is 342 g/mol. The van der Waals surface area contributed by atoms with Gasteiger partial charge in [-0.25, -0.2) is 0 Å². The molecule has 2 aromatic rings. The van der Waals surface area contributed by atoms with Gasteiger partial charge in [0.05, 0.1) is 12.3 Å². The van der Waals surface area contributed by atoms with Crippen molar-refractivity contribution >= 4 is 24.2 Å². The minimum Gasteiger partial charge on any atom is -0.494 e. The molecule has 1 aliphatic heterocycles. The zero-order valence-electron chi connectivity index (χ0n) is 14.1. The van der Waals surface area contributed by atoms with Gasteiger partial charge in [-0.2, -0.15) is 0 Å². The molecule has 24 heavy (non-hydrogen) atoms. The molecule has 0 N–H and O–H groups in total. The van der Waals surface area contributed by atoms with Crippen molar-refractivity contribution in [2.75, 3.05) is 13.2 Å². The summed E-state index contributed by atoms with van der Waals surface area (Å²) in [5, 5.41) is 0. The number of hydrogen-bond donors (Lipinski definition) is 0. The van der Waals surface area contributed by atoms with E-state index in [2.05, 4.69) is 66.5 Å². The Kier molecular flexibility index (Phi) is 7.07. The van der Waals surface area contributed by atoms with E-state index < -0.39 is 0 Å². The molecule has 3 heteroatoms. The zero-order valence-corrected chi connectivity index (χ0v) is 14.9. The molecular weight excluding hydrogens is 318 g/mol. The van der Waals surface area contributed by atoms with Crippen LogP contribution in [0.15, 0.2) is 59.6 Å². The first-order valence-corrected chi connectivity index (χ1v) is 8.40. The highest BCUT2D eigenvalue weighted by Crippen LogP contribution is 2.23. The molecule has 0 saturated heterocycles. The second-order valence-electron chi connectivity index (χ2n) is 5.78. The van der Waals surface area contributed by atoms with E-state index in [1.165, 1.54) is 16.7 Å². The number of benzene rings is 2. The smallest absolute Gasteiger partial charge is 0.119 e. The van der Waals surface area contributed by atoms with Gasteiger partial charge in [0.15, 0.2) is 0 Å². The lowest BCUT2D eigenvalue weighted by Crippen LogP contribution is -2.11. The number of hydrogen-bond acceptors (Lipinski definition) is 2. The molecule has 0 bridgehead atoms. The van der Waals surface area contributed by atoms with Crippen molar-refractivity contribution in [3.05, 3.63) is 71.3 Å². The standard InChI is InChI=1S/C21H23NO.ClH/c1-2-3-15-23-19-10-11-20-18(16-19)13-14-22-21(20)12-9-17-7-5-4-6-8-17;/h4-12,16H,2-3,13-15H2,1H3;1H/b12-9+;. The maximum Gasteiger partial charge on any atom is 0.119 e. The summed E-state index contributed by atoms with van der Waals surface area (Å²) < 4.78 is 5.82. The quantitative estimate of drug-likeness (QED) is 0.649. The van der Waals surface area contributed by atoms with Crippen molar-refractivity contribution in [2.24, 2.45) is 4.99 Å². The van der Waals surface area contributed by atoms with Crippen molar-refractivity contribution in [1.82, 2.24) is 0 Å². The van der Waals surface area contributed by atoms with Crippen LogP contribution in [0.3, 0.4) is 0 Å². The molecule has 2 aromatic carbocycles. The van der Waals surface area contributed by atoms with Gasteiger partial charge in [-0.1, -0.05) is 49.8 Å². The molecule has 0 atom stereocenters. The van der Waals surface area contributed by atoms with Crippen LogP contribution in [0.5, 0.6) is 5.75 Å². The molecular formula is C21H24ClNO. The van der Waals surface area contributed by atoms with Gasteiger partial charge in [0.1, 0.15) is 5.75 Å². The van der Waals surface area contributed by atoms with Crippen LogP contribution in [0.1, 0.15) is 36.5 Å². The molecule has 0 fully saturated rings. The first kappa shape index (κ1) is 18.3. The second-order valence-corrected chi connectivity index (χ2v) is 5.78. The summed E-state index contributed by atoms with van der Waals surface area (Å²) in [5.74, 6) is 0.977. The second kappa shape index (κ2) is 9.29. The van der Waals surface area contributed by atoms with Gasteiger partial charge in [-0.05, 0) is 48.2 Å². The third-order valence-corrected chi connectivity index (χ3v) is 4.02. The number of unbranched alkanes of at least 4 members (excludes halogenated alkanes) is 1. The predicted molar refractivity (Wildman–Crippen MR) is 105 cm³/mol. The van der Waals surface area contributed by atoms with E-state index in [1.54, 1.807) is 0 Å². The van der Waals surface area contributed by atoms with E-state index in [4.69, 9.17) is 4.74 Å². The fraction of sp³-hybridized carbons (Fsp3) is 0.286. The Morgan fingerprint density at radius 3 is 2.71 bits per heavy atom. The number of halogens is 1. The summed E-state index contributed by atoms with van der Waals surface area (Å²) in [6, 6.07) is 16.7. The van der Waals surface area contributed by atoms with Gasteiger partial charge >= 0.3 is 0 Å². The Balaban J connectivity index is 0.00000208.